The SMILES string of the molecule is CCCc1ccc(-c2cn(-c3ccccc3C)nn2)cc1. The Bertz CT molecular complexity index is 726. The fourth-order valence-corrected chi connectivity index (χ4v) is 2.47. The number of rotatable bonds is 4. The Hall–Kier alpha value is -2.42. The Kier molecular flexibility index (Phi) is 3.82. The van der Waals surface area contributed by atoms with Gasteiger partial charge in [-0.2, -0.15) is 0 Å². The second kappa shape index (κ2) is 5.92. The smallest absolute Gasteiger partial charge is 0.113 e. The van der Waals surface area contributed by atoms with Gasteiger partial charge in [0.05, 0.1) is 11.9 Å². The predicted molar refractivity (Wildman–Crippen MR) is 85.5 cm³/mol. The van der Waals surface area contributed by atoms with Crippen LogP contribution in [-0.4, -0.2) is 15.0 Å². The first-order chi connectivity index (χ1) is 10.3. The highest BCUT2D eigenvalue weighted by Crippen LogP contribution is 2.20. The second-order valence-electron chi connectivity index (χ2n) is 5.28. The molecule has 0 amide bonds. The van der Waals surface area contributed by atoms with Crippen LogP contribution in [0, 0.1) is 6.92 Å². The Morgan fingerprint density at radius 3 is 2.48 bits per heavy atom. The van der Waals surface area contributed by atoms with Crippen LogP contribution in [0.25, 0.3) is 16.9 Å². The van der Waals surface area contributed by atoms with Crippen molar-refractivity contribution in [3.8, 4) is 16.9 Å². The number of hydrogen-bond acceptors (Lipinski definition) is 2. The van der Waals surface area contributed by atoms with Crippen molar-refractivity contribution >= 4 is 0 Å². The van der Waals surface area contributed by atoms with Crippen molar-refractivity contribution in [2.75, 3.05) is 0 Å². The van der Waals surface area contributed by atoms with E-state index in [0.29, 0.717) is 0 Å². The summed E-state index contributed by atoms with van der Waals surface area (Å²) >= 11 is 0. The first-order valence-electron chi connectivity index (χ1n) is 7.35. The Morgan fingerprint density at radius 1 is 1.00 bits per heavy atom. The molecular formula is C18H19N3. The lowest BCUT2D eigenvalue weighted by atomic mass is 10.1. The van der Waals surface area contributed by atoms with Gasteiger partial charge in [0.2, 0.25) is 0 Å². The van der Waals surface area contributed by atoms with Gasteiger partial charge in [-0.15, -0.1) is 5.10 Å². The molecule has 3 heteroatoms. The minimum absolute atomic E-state index is 0.904. The van der Waals surface area contributed by atoms with Crippen LogP contribution in [0.5, 0.6) is 0 Å². The molecule has 0 saturated heterocycles. The van der Waals surface area contributed by atoms with Crippen molar-refractivity contribution in [2.45, 2.75) is 26.7 Å². The van der Waals surface area contributed by atoms with E-state index in [2.05, 4.69) is 60.6 Å². The highest BCUT2D eigenvalue weighted by Gasteiger charge is 2.06. The number of aryl methyl sites for hydroxylation is 2. The standard InChI is InChI=1S/C18H19N3/c1-3-6-15-9-11-16(12-10-15)17-13-21(20-19-17)18-8-5-4-7-14(18)2/h4-5,7-13H,3,6H2,1-2H3. The highest BCUT2D eigenvalue weighted by atomic mass is 15.4. The van der Waals surface area contributed by atoms with Gasteiger partial charge in [-0.1, -0.05) is 61.0 Å². The van der Waals surface area contributed by atoms with E-state index in [1.165, 1.54) is 17.5 Å². The molecule has 0 aliphatic rings. The summed E-state index contributed by atoms with van der Waals surface area (Å²) in [7, 11) is 0. The first kappa shape index (κ1) is 13.6. The average Bonchev–Trinajstić information content (AvgIpc) is 2.98. The quantitative estimate of drug-likeness (QED) is 0.715. The lowest BCUT2D eigenvalue weighted by Crippen LogP contribution is -1.96. The molecule has 1 heterocycles. The summed E-state index contributed by atoms with van der Waals surface area (Å²) in [6.07, 6.45) is 4.27. The number of benzene rings is 2. The molecule has 21 heavy (non-hydrogen) atoms. The first-order valence-corrected chi connectivity index (χ1v) is 7.35. The van der Waals surface area contributed by atoms with E-state index >= 15 is 0 Å². The van der Waals surface area contributed by atoms with Crippen LogP contribution in [0.3, 0.4) is 0 Å². The zero-order valence-electron chi connectivity index (χ0n) is 12.5. The van der Waals surface area contributed by atoms with Gasteiger partial charge in [0.15, 0.2) is 0 Å². The maximum atomic E-state index is 4.29. The lowest BCUT2D eigenvalue weighted by molar-refractivity contribution is 0.799. The normalized spacial score (nSPS) is 10.8. The molecule has 0 aliphatic carbocycles. The van der Waals surface area contributed by atoms with Gasteiger partial charge in [0.25, 0.3) is 0 Å². The van der Waals surface area contributed by atoms with Crippen LogP contribution < -0.4 is 0 Å². The van der Waals surface area contributed by atoms with Gasteiger partial charge >= 0.3 is 0 Å². The summed E-state index contributed by atoms with van der Waals surface area (Å²) in [5.74, 6) is 0. The van der Waals surface area contributed by atoms with Crippen LogP contribution in [-0.2, 0) is 6.42 Å². The van der Waals surface area contributed by atoms with Crippen molar-refractivity contribution in [3.63, 3.8) is 0 Å². The largest absolute Gasteiger partial charge is 0.220 e. The molecule has 3 rings (SSSR count). The van der Waals surface area contributed by atoms with Crippen molar-refractivity contribution < 1.29 is 0 Å². The van der Waals surface area contributed by atoms with E-state index in [4.69, 9.17) is 0 Å². The van der Waals surface area contributed by atoms with E-state index < -0.39 is 0 Å². The average molecular weight is 277 g/mol. The molecule has 0 radical (unpaired) electrons. The van der Waals surface area contributed by atoms with Gasteiger partial charge in [-0.05, 0) is 30.5 Å². The van der Waals surface area contributed by atoms with Gasteiger partial charge in [-0.25, -0.2) is 4.68 Å². The third-order valence-corrected chi connectivity index (χ3v) is 3.64. The Morgan fingerprint density at radius 2 is 1.76 bits per heavy atom. The molecule has 0 unspecified atom stereocenters. The molecule has 0 spiro atoms. The molecule has 0 saturated carbocycles. The number of para-hydroxylation sites is 1. The van der Waals surface area contributed by atoms with Crippen molar-refractivity contribution in [3.05, 3.63) is 65.9 Å². The van der Waals surface area contributed by atoms with Crippen LogP contribution in [0.15, 0.2) is 54.7 Å². The molecule has 0 N–H and O–H groups in total. The van der Waals surface area contributed by atoms with Gasteiger partial charge in [0.1, 0.15) is 5.69 Å². The molecule has 106 valence electrons. The molecule has 2 aromatic carbocycles. The highest BCUT2D eigenvalue weighted by molar-refractivity contribution is 5.58. The molecule has 3 nitrogen and oxygen atoms in total. The lowest BCUT2D eigenvalue weighted by Gasteiger charge is -2.03. The van der Waals surface area contributed by atoms with Crippen molar-refractivity contribution in [1.29, 1.82) is 0 Å². The zero-order valence-corrected chi connectivity index (χ0v) is 12.5. The summed E-state index contributed by atoms with van der Waals surface area (Å²) in [4.78, 5) is 0. The topological polar surface area (TPSA) is 30.7 Å². The van der Waals surface area contributed by atoms with E-state index in [9.17, 15) is 0 Å². The van der Waals surface area contributed by atoms with Gasteiger partial charge in [0, 0.05) is 5.56 Å². The minimum atomic E-state index is 0.904. The predicted octanol–water partition coefficient (Wildman–Crippen LogP) is 4.20. The third-order valence-electron chi connectivity index (χ3n) is 3.64. The van der Waals surface area contributed by atoms with Crippen LogP contribution in [0.2, 0.25) is 0 Å². The van der Waals surface area contributed by atoms with E-state index in [1.807, 2.05) is 23.0 Å². The molecule has 0 fully saturated rings. The summed E-state index contributed by atoms with van der Waals surface area (Å²) < 4.78 is 1.84. The van der Waals surface area contributed by atoms with Crippen LogP contribution in [0.4, 0.5) is 0 Å². The summed E-state index contributed by atoms with van der Waals surface area (Å²) in [5.41, 5.74) is 5.63. The number of hydrogen-bond donors (Lipinski definition) is 0. The molecule has 1 aromatic heterocycles. The van der Waals surface area contributed by atoms with Crippen molar-refractivity contribution in [2.24, 2.45) is 0 Å². The summed E-state index contributed by atoms with van der Waals surface area (Å²) in [5, 5.41) is 8.54. The third kappa shape index (κ3) is 2.87. The summed E-state index contributed by atoms with van der Waals surface area (Å²) in [6.45, 7) is 4.28. The summed E-state index contributed by atoms with van der Waals surface area (Å²) in [6, 6.07) is 16.8. The minimum Gasteiger partial charge on any atom is -0.220 e. The fraction of sp³-hybridized carbons (Fsp3) is 0.222. The molecule has 0 aliphatic heterocycles. The molecule has 0 atom stereocenters. The van der Waals surface area contributed by atoms with Crippen LogP contribution >= 0.6 is 0 Å². The molecular weight excluding hydrogens is 258 g/mol. The monoisotopic (exact) mass is 277 g/mol. The van der Waals surface area contributed by atoms with Gasteiger partial charge < -0.3 is 0 Å². The Balaban J connectivity index is 1.89. The fourth-order valence-electron chi connectivity index (χ4n) is 2.47. The number of aromatic nitrogens is 3. The van der Waals surface area contributed by atoms with E-state index in [1.54, 1.807) is 0 Å². The molecule has 0 bridgehead atoms. The van der Waals surface area contributed by atoms with E-state index in [-0.39, 0.29) is 0 Å². The Labute approximate surface area is 125 Å². The van der Waals surface area contributed by atoms with Crippen molar-refractivity contribution in [1.82, 2.24) is 15.0 Å². The number of nitrogens with zero attached hydrogens (tertiary/aromatic N) is 3. The maximum absolute atomic E-state index is 4.29. The van der Waals surface area contributed by atoms with Gasteiger partial charge in [-0.3, -0.25) is 0 Å². The zero-order chi connectivity index (χ0) is 14.7. The second-order valence-corrected chi connectivity index (χ2v) is 5.28. The maximum Gasteiger partial charge on any atom is 0.113 e. The van der Waals surface area contributed by atoms with Crippen LogP contribution in [0.1, 0.15) is 24.5 Å². The van der Waals surface area contributed by atoms with E-state index in [0.717, 1.165) is 23.4 Å². The molecule has 3 aromatic rings.